The number of benzene rings is 1. The maximum Gasteiger partial charge on any atom is 0.342 e. The first-order chi connectivity index (χ1) is 13.7. The summed E-state index contributed by atoms with van der Waals surface area (Å²) in [7, 11) is 2.97. The molecule has 0 spiro atoms. The van der Waals surface area contributed by atoms with E-state index in [1.807, 2.05) is 26.0 Å². The average Bonchev–Trinajstić information content (AvgIpc) is 2.64. The summed E-state index contributed by atoms with van der Waals surface area (Å²) in [4.78, 5) is 30.2. The van der Waals surface area contributed by atoms with Crippen molar-refractivity contribution < 1.29 is 29.4 Å². The number of fused-ring (bicyclic) bond motifs is 1. The minimum atomic E-state index is -0.621. The Labute approximate surface area is 171 Å². The van der Waals surface area contributed by atoms with Crippen LogP contribution in [0.15, 0.2) is 24.3 Å². The molecule has 1 amide bonds. The molecule has 7 nitrogen and oxygen atoms in total. The summed E-state index contributed by atoms with van der Waals surface area (Å²) in [5.74, 6) is -1.24. The fourth-order valence-corrected chi connectivity index (χ4v) is 3.46. The molecule has 0 radical (unpaired) electrons. The standard InChI is InChI=1S/C22H31NO6/c1-14(2)19-9-7-5-6-8-15(11-20(26)23(3)28-4)10-16-12-17(24)13-18(25)21(16)22(27)29-19/h5,7,12-15,19,24-25H,6,8-11H2,1-4H3/b7-5+/t15?,19-/m0/s1. The number of hydrogen-bond donors (Lipinski definition) is 2. The third kappa shape index (κ3) is 6.22. The highest BCUT2D eigenvalue weighted by atomic mass is 16.7. The third-order valence-electron chi connectivity index (χ3n) is 5.26. The SMILES string of the molecule is CON(C)C(=O)CC1CC/C=C/C[C@@H](C(C)C)OC(=O)c2c(O)cc(O)cc2C1. The van der Waals surface area contributed by atoms with Crippen LogP contribution in [0.5, 0.6) is 11.5 Å². The lowest BCUT2D eigenvalue weighted by Crippen LogP contribution is -2.28. The summed E-state index contributed by atoms with van der Waals surface area (Å²) in [5, 5.41) is 21.5. The monoisotopic (exact) mass is 405 g/mol. The first-order valence-electron chi connectivity index (χ1n) is 9.94. The zero-order chi connectivity index (χ0) is 21.6. The molecule has 1 heterocycles. The van der Waals surface area contributed by atoms with E-state index in [9.17, 15) is 19.8 Å². The van der Waals surface area contributed by atoms with Gasteiger partial charge in [0.1, 0.15) is 23.2 Å². The molecule has 2 rings (SSSR count). The van der Waals surface area contributed by atoms with Gasteiger partial charge in [-0.05, 0) is 42.7 Å². The van der Waals surface area contributed by atoms with E-state index in [0.29, 0.717) is 18.4 Å². The minimum Gasteiger partial charge on any atom is -0.508 e. The van der Waals surface area contributed by atoms with Crippen LogP contribution < -0.4 is 0 Å². The molecule has 1 aromatic carbocycles. The van der Waals surface area contributed by atoms with Gasteiger partial charge in [-0.15, -0.1) is 0 Å². The van der Waals surface area contributed by atoms with Crippen LogP contribution in [0.3, 0.4) is 0 Å². The minimum absolute atomic E-state index is 0.0514. The second-order valence-electron chi connectivity index (χ2n) is 7.82. The van der Waals surface area contributed by atoms with Crippen molar-refractivity contribution in [2.75, 3.05) is 14.2 Å². The van der Waals surface area contributed by atoms with Crippen LogP contribution in [0.2, 0.25) is 0 Å². The van der Waals surface area contributed by atoms with Gasteiger partial charge in [0.05, 0.1) is 7.11 Å². The Bertz CT molecular complexity index is 758. The second kappa shape index (κ2) is 10.3. The molecule has 0 aliphatic carbocycles. The van der Waals surface area contributed by atoms with Crippen molar-refractivity contribution in [3.05, 3.63) is 35.4 Å². The number of phenols is 2. The zero-order valence-corrected chi connectivity index (χ0v) is 17.6. The van der Waals surface area contributed by atoms with Crippen molar-refractivity contribution in [1.82, 2.24) is 5.06 Å². The van der Waals surface area contributed by atoms with Crippen LogP contribution in [0.1, 0.15) is 55.5 Å². The highest BCUT2D eigenvalue weighted by Gasteiger charge is 2.27. The van der Waals surface area contributed by atoms with Crippen LogP contribution in [0.25, 0.3) is 0 Å². The number of amides is 1. The molecule has 160 valence electrons. The van der Waals surface area contributed by atoms with Gasteiger partial charge in [-0.3, -0.25) is 9.63 Å². The van der Waals surface area contributed by atoms with Crippen LogP contribution in [0, 0.1) is 11.8 Å². The molecule has 1 aliphatic rings. The van der Waals surface area contributed by atoms with Crippen molar-refractivity contribution in [2.45, 2.75) is 52.1 Å². The maximum absolute atomic E-state index is 12.9. The zero-order valence-electron chi connectivity index (χ0n) is 17.6. The molecular formula is C22H31NO6. The van der Waals surface area contributed by atoms with Gasteiger partial charge in [-0.1, -0.05) is 26.0 Å². The lowest BCUT2D eigenvalue weighted by molar-refractivity contribution is -0.169. The first kappa shape index (κ1) is 22.7. The van der Waals surface area contributed by atoms with E-state index in [1.165, 1.54) is 18.2 Å². The number of carbonyl (C=O) groups is 2. The summed E-state index contributed by atoms with van der Waals surface area (Å²) < 4.78 is 5.68. The number of phenolic OH excluding ortho intramolecular Hbond substituents is 2. The normalized spacial score (nSPS) is 21.5. The molecule has 2 N–H and O–H groups in total. The van der Waals surface area contributed by atoms with E-state index in [-0.39, 0.29) is 47.3 Å². The summed E-state index contributed by atoms with van der Waals surface area (Å²) >= 11 is 0. The molecule has 7 heteroatoms. The quantitative estimate of drug-likeness (QED) is 0.451. The van der Waals surface area contributed by atoms with Crippen LogP contribution >= 0.6 is 0 Å². The van der Waals surface area contributed by atoms with Crippen molar-refractivity contribution in [3.8, 4) is 11.5 Å². The Balaban J connectivity index is 2.40. The first-order valence-corrected chi connectivity index (χ1v) is 9.94. The molecule has 0 fully saturated rings. The highest BCUT2D eigenvalue weighted by molar-refractivity contribution is 5.94. The van der Waals surface area contributed by atoms with Crippen LogP contribution in [-0.4, -0.2) is 47.4 Å². The van der Waals surface area contributed by atoms with Crippen molar-refractivity contribution in [1.29, 1.82) is 0 Å². The van der Waals surface area contributed by atoms with Gasteiger partial charge in [-0.25, -0.2) is 9.86 Å². The number of nitrogens with zero attached hydrogens (tertiary/aromatic N) is 1. The number of aromatic hydroxyl groups is 2. The number of allylic oxidation sites excluding steroid dienone is 1. The fourth-order valence-electron chi connectivity index (χ4n) is 3.46. The Morgan fingerprint density at radius 3 is 2.69 bits per heavy atom. The Kier molecular flexibility index (Phi) is 8.08. The second-order valence-corrected chi connectivity index (χ2v) is 7.82. The van der Waals surface area contributed by atoms with Crippen molar-refractivity contribution in [2.24, 2.45) is 11.8 Å². The summed E-state index contributed by atoms with van der Waals surface area (Å²) in [5.41, 5.74) is 0.521. The van der Waals surface area contributed by atoms with Gasteiger partial charge in [0.15, 0.2) is 0 Å². The van der Waals surface area contributed by atoms with Gasteiger partial charge in [0.25, 0.3) is 0 Å². The predicted molar refractivity (Wildman–Crippen MR) is 108 cm³/mol. The van der Waals surface area contributed by atoms with Crippen molar-refractivity contribution >= 4 is 11.9 Å². The summed E-state index contributed by atoms with van der Waals surface area (Å²) in [6.07, 6.45) is 6.36. The summed E-state index contributed by atoms with van der Waals surface area (Å²) in [6, 6.07) is 2.59. The smallest absolute Gasteiger partial charge is 0.342 e. The molecule has 29 heavy (non-hydrogen) atoms. The average molecular weight is 405 g/mol. The molecule has 0 saturated carbocycles. The van der Waals surface area contributed by atoms with Gasteiger partial charge in [0.2, 0.25) is 5.91 Å². The molecule has 0 saturated heterocycles. The number of ether oxygens (including phenoxy) is 1. The molecule has 1 unspecified atom stereocenters. The Morgan fingerprint density at radius 2 is 2.03 bits per heavy atom. The fraction of sp³-hybridized carbons (Fsp3) is 0.545. The van der Waals surface area contributed by atoms with Crippen LogP contribution in [0.4, 0.5) is 0 Å². The van der Waals surface area contributed by atoms with Crippen LogP contribution in [-0.2, 0) is 20.8 Å². The number of esters is 1. The third-order valence-corrected chi connectivity index (χ3v) is 5.26. The van der Waals surface area contributed by atoms with E-state index in [4.69, 9.17) is 9.57 Å². The number of cyclic esters (lactones) is 1. The number of hydroxylamine groups is 2. The molecular weight excluding hydrogens is 374 g/mol. The molecule has 1 aliphatic heterocycles. The van der Waals surface area contributed by atoms with E-state index in [0.717, 1.165) is 18.9 Å². The van der Waals surface area contributed by atoms with E-state index in [1.54, 1.807) is 7.05 Å². The lowest BCUT2D eigenvalue weighted by Gasteiger charge is -2.24. The predicted octanol–water partition coefficient (Wildman–Crippen LogP) is 3.59. The topological polar surface area (TPSA) is 96.3 Å². The van der Waals surface area contributed by atoms with Gasteiger partial charge >= 0.3 is 5.97 Å². The maximum atomic E-state index is 12.9. The van der Waals surface area contributed by atoms with Gasteiger partial charge < -0.3 is 14.9 Å². The number of rotatable bonds is 4. The number of carbonyl (C=O) groups excluding carboxylic acids is 2. The lowest BCUT2D eigenvalue weighted by atomic mass is 9.88. The van der Waals surface area contributed by atoms with E-state index < -0.39 is 5.97 Å². The Hall–Kier alpha value is -2.54. The summed E-state index contributed by atoms with van der Waals surface area (Å²) in [6.45, 7) is 3.95. The largest absolute Gasteiger partial charge is 0.508 e. The van der Waals surface area contributed by atoms with Crippen molar-refractivity contribution in [3.63, 3.8) is 0 Å². The Morgan fingerprint density at radius 1 is 1.31 bits per heavy atom. The molecule has 1 aromatic rings. The van der Waals surface area contributed by atoms with Gasteiger partial charge in [0, 0.05) is 26.0 Å². The van der Waals surface area contributed by atoms with Gasteiger partial charge in [-0.2, -0.15) is 0 Å². The highest BCUT2D eigenvalue weighted by Crippen LogP contribution is 2.32. The molecule has 2 atom stereocenters. The molecule has 0 aromatic heterocycles. The van der Waals surface area contributed by atoms with E-state index >= 15 is 0 Å². The number of hydrogen-bond acceptors (Lipinski definition) is 6. The molecule has 0 bridgehead atoms. The van der Waals surface area contributed by atoms with E-state index in [2.05, 4.69) is 0 Å².